The van der Waals surface area contributed by atoms with Gasteiger partial charge in [0.1, 0.15) is 12.4 Å². The van der Waals surface area contributed by atoms with Crippen molar-refractivity contribution in [1.82, 2.24) is 10.6 Å². The zero-order valence-corrected chi connectivity index (χ0v) is 18.0. The van der Waals surface area contributed by atoms with E-state index in [1.165, 1.54) is 38.5 Å². The molecule has 1 aromatic carbocycles. The normalized spacial score (nSPS) is 30.9. The number of nitrogens with one attached hydrogen (secondary N) is 2. The average molecular weight is 421 g/mol. The van der Waals surface area contributed by atoms with Gasteiger partial charge < -0.3 is 20.5 Å². The van der Waals surface area contributed by atoms with E-state index in [2.05, 4.69) is 10.6 Å². The molecule has 0 aliphatic heterocycles. The Morgan fingerprint density at radius 1 is 1.24 bits per heavy atom. The summed E-state index contributed by atoms with van der Waals surface area (Å²) in [5.74, 6) is 3.15. The van der Waals surface area contributed by atoms with Gasteiger partial charge in [0.05, 0.1) is 17.2 Å². The average Bonchev–Trinajstić information content (AvgIpc) is 2.69. The van der Waals surface area contributed by atoms with Crippen molar-refractivity contribution >= 4 is 17.5 Å². The molecular formula is C23H33ClN2O3. The lowest BCUT2D eigenvalue weighted by molar-refractivity contribution is -0.0503. The highest BCUT2D eigenvalue weighted by atomic mass is 35.5. The Morgan fingerprint density at radius 2 is 1.90 bits per heavy atom. The molecule has 0 radical (unpaired) electrons. The first-order valence-corrected chi connectivity index (χ1v) is 11.4. The van der Waals surface area contributed by atoms with Crippen molar-refractivity contribution < 1.29 is 14.6 Å². The first kappa shape index (κ1) is 21.0. The molecule has 6 heteroatoms. The zero-order chi connectivity index (χ0) is 20.4. The molecule has 0 saturated heterocycles. The van der Waals surface area contributed by atoms with E-state index >= 15 is 0 Å². The minimum atomic E-state index is -0.108. The molecule has 4 aliphatic carbocycles. The molecule has 0 spiro atoms. The van der Waals surface area contributed by atoms with Gasteiger partial charge in [-0.05, 0) is 86.8 Å². The molecule has 3 N–H and O–H groups in total. The van der Waals surface area contributed by atoms with Crippen LogP contribution >= 0.6 is 11.6 Å². The van der Waals surface area contributed by atoms with Crippen LogP contribution in [0.4, 0.5) is 0 Å². The maximum atomic E-state index is 12.9. The van der Waals surface area contributed by atoms with Crippen LogP contribution in [0.2, 0.25) is 5.02 Å². The highest BCUT2D eigenvalue weighted by Gasteiger charge is 2.50. The fourth-order valence-corrected chi connectivity index (χ4v) is 6.38. The Hall–Kier alpha value is -1.30. The number of aliphatic hydroxyl groups is 1. The van der Waals surface area contributed by atoms with Gasteiger partial charge in [0.2, 0.25) is 0 Å². The molecule has 4 saturated carbocycles. The fourth-order valence-electron chi connectivity index (χ4n) is 6.18. The lowest BCUT2D eigenvalue weighted by Gasteiger charge is -2.56. The van der Waals surface area contributed by atoms with Gasteiger partial charge in [0.25, 0.3) is 5.91 Å². The van der Waals surface area contributed by atoms with Crippen LogP contribution in [0.25, 0.3) is 0 Å². The Kier molecular flexibility index (Phi) is 6.38. The van der Waals surface area contributed by atoms with Crippen LogP contribution in [0.1, 0.15) is 55.8 Å². The summed E-state index contributed by atoms with van der Waals surface area (Å²) in [5.41, 5.74) is 0.783. The third-order valence-electron chi connectivity index (χ3n) is 7.11. The van der Waals surface area contributed by atoms with Crippen molar-refractivity contribution in [3.05, 3.63) is 28.8 Å². The highest BCUT2D eigenvalue weighted by Crippen LogP contribution is 2.59. The van der Waals surface area contributed by atoms with Crippen molar-refractivity contribution in [2.24, 2.45) is 23.2 Å². The van der Waals surface area contributed by atoms with Gasteiger partial charge in [-0.15, -0.1) is 0 Å². The number of carbonyl (C=O) groups is 1. The van der Waals surface area contributed by atoms with Crippen LogP contribution in [0, 0.1) is 23.2 Å². The number of halogens is 1. The summed E-state index contributed by atoms with van der Waals surface area (Å²) < 4.78 is 5.74. The van der Waals surface area contributed by atoms with Crippen molar-refractivity contribution in [2.75, 3.05) is 26.3 Å². The molecule has 1 aromatic rings. The number of rotatable bonds is 9. The largest absolute Gasteiger partial charge is 0.492 e. The molecule has 1 amide bonds. The lowest BCUT2D eigenvalue weighted by atomic mass is 9.49. The van der Waals surface area contributed by atoms with Gasteiger partial charge in [-0.25, -0.2) is 0 Å². The number of ether oxygens (including phenoxy) is 1. The Bertz CT molecular complexity index is 704. The Morgan fingerprint density at radius 3 is 2.52 bits per heavy atom. The summed E-state index contributed by atoms with van der Waals surface area (Å²) in [7, 11) is 0. The predicted octanol–water partition coefficient (Wildman–Crippen LogP) is 3.64. The van der Waals surface area contributed by atoms with Gasteiger partial charge in [0, 0.05) is 19.1 Å². The molecule has 1 atom stereocenters. The second kappa shape index (κ2) is 8.83. The summed E-state index contributed by atoms with van der Waals surface area (Å²) in [6.45, 7) is 3.85. The molecule has 5 nitrogen and oxygen atoms in total. The third kappa shape index (κ3) is 4.89. The van der Waals surface area contributed by atoms with Crippen LogP contribution in [0.5, 0.6) is 5.75 Å². The fraction of sp³-hybridized carbons (Fsp3) is 0.696. The number of benzene rings is 1. The van der Waals surface area contributed by atoms with E-state index in [-0.39, 0.29) is 18.6 Å². The van der Waals surface area contributed by atoms with Crippen LogP contribution in [0.3, 0.4) is 0 Å². The summed E-state index contributed by atoms with van der Waals surface area (Å²) in [6.07, 6.45) is 8.04. The SMILES string of the molecule is C[C@H](CO)NCCOc1ccc(Cl)c(C(=O)NCC23CC4CC(CC(C4)C2)C3)c1. The van der Waals surface area contributed by atoms with E-state index < -0.39 is 0 Å². The third-order valence-corrected chi connectivity index (χ3v) is 7.44. The van der Waals surface area contributed by atoms with Crippen molar-refractivity contribution in [3.63, 3.8) is 0 Å². The van der Waals surface area contributed by atoms with Gasteiger partial charge in [-0.1, -0.05) is 11.6 Å². The summed E-state index contributed by atoms with van der Waals surface area (Å²) in [5, 5.41) is 15.8. The number of amides is 1. The maximum absolute atomic E-state index is 12.9. The Balaban J connectivity index is 1.32. The molecule has 29 heavy (non-hydrogen) atoms. The minimum absolute atomic E-state index is 0.0368. The van der Waals surface area contributed by atoms with Crippen LogP contribution in [-0.2, 0) is 0 Å². The molecule has 4 fully saturated rings. The van der Waals surface area contributed by atoms with E-state index in [9.17, 15) is 4.79 Å². The molecule has 4 bridgehead atoms. The van der Waals surface area contributed by atoms with Crippen LogP contribution in [-0.4, -0.2) is 43.4 Å². The first-order chi connectivity index (χ1) is 14.0. The van der Waals surface area contributed by atoms with Gasteiger partial charge in [-0.2, -0.15) is 0 Å². The van der Waals surface area contributed by atoms with E-state index in [4.69, 9.17) is 21.4 Å². The lowest BCUT2D eigenvalue weighted by Crippen LogP contribution is -2.51. The standard InChI is InChI=1S/C23H33ClN2O3/c1-15(13-27)25-4-5-29-19-2-3-21(24)20(9-19)22(28)26-14-23-10-16-6-17(11-23)8-18(7-16)12-23/h2-3,9,15-18,25,27H,4-8,10-14H2,1H3,(H,26,28)/t15-,16?,17?,18?,23?/m1/s1. The van der Waals surface area contributed by atoms with Crippen molar-refractivity contribution in [1.29, 1.82) is 0 Å². The van der Waals surface area contributed by atoms with Crippen molar-refractivity contribution in [3.8, 4) is 5.75 Å². The smallest absolute Gasteiger partial charge is 0.252 e. The number of hydrogen-bond acceptors (Lipinski definition) is 4. The van der Waals surface area contributed by atoms with Gasteiger partial charge in [-0.3, -0.25) is 4.79 Å². The van der Waals surface area contributed by atoms with E-state index in [1.807, 2.05) is 6.92 Å². The molecule has 4 aliphatic rings. The molecule has 0 aromatic heterocycles. The summed E-state index contributed by atoms with van der Waals surface area (Å²) >= 11 is 6.31. The number of hydrogen-bond donors (Lipinski definition) is 3. The number of carbonyl (C=O) groups excluding carboxylic acids is 1. The second-order valence-electron chi connectivity index (χ2n) is 9.63. The predicted molar refractivity (Wildman–Crippen MR) is 114 cm³/mol. The molecule has 0 unspecified atom stereocenters. The quantitative estimate of drug-likeness (QED) is 0.533. The monoisotopic (exact) mass is 420 g/mol. The summed E-state index contributed by atoms with van der Waals surface area (Å²) in [4.78, 5) is 12.9. The van der Waals surface area contributed by atoms with Crippen molar-refractivity contribution in [2.45, 2.75) is 51.5 Å². The van der Waals surface area contributed by atoms with E-state index in [1.54, 1.807) is 18.2 Å². The van der Waals surface area contributed by atoms with Gasteiger partial charge in [0.15, 0.2) is 0 Å². The van der Waals surface area contributed by atoms with Crippen LogP contribution in [0.15, 0.2) is 18.2 Å². The first-order valence-electron chi connectivity index (χ1n) is 11.0. The number of aliphatic hydroxyl groups excluding tert-OH is 1. The van der Waals surface area contributed by atoms with Crippen LogP contribution < -0.4 is 15.4 Å². The highest BCUT2D eigenvalue weighted by molar-refractivity contribution is 6.33. The second-order valence-corrected chi connectivity index (χ2v) is 10.0. The summed E-state index contributed by atoms with van der Waals surface area (Å²) in [6, 6.07) is 5.27. The Labute approximate surface area is 178 Å². The zero-order valence-electron chi connectivity index (χ0n) is 17.3. The van der Waals surface area contributed by atoms with E-state index in [0.29, 0.717) is 34.9 Å². The molecular weight excluding hydrogens is 388 g/mol. The van der Waals surface area contributed by atoms with E-state index in [0.717, 1.165) is 24.3 Å². The molecule has 5 rings (SSSR count). The molecule has 0 heterocycles. The maximum Gasteiger partial charge on any atom is 0.252 e. The molecule has 160 valence electrons. The van der Waals surface area contributed by atoms with Gasteiger partial charge >= 0.3 is 0 Å². The topological polar surface area (TPSA) is 70.6 Å². The minimum Gasteiger partial charge on any atom is -0.492 e.